The average Bonchev–Trinajstić information content (AvgIpc) is 3.27. The molecule has 1 amide bonds. The number of phenols is 1. The van der Waals surface area contributed by atoms with E-state index in [0.717, 1.165) is 44.8 Å². The van der Waals surface area contributed by atoms with Gasteiger partial charge in [0.1, 0.15) is 5.52 Å². The summed E-state index contributed by atoms with van der Waals surface area (Å²) in [6, 6.07) is 13.3. The summed E-state index contributed by atoms with van der Waals surface area (Å²) in [6.45, 7) is 2.43. The van der Waals surface area contributed by atoms with Crippen molar-refractivity contribution in [2.45, 2.75) is 31.7 Å². The first-order valence-corrected chi connectivity index (χ1v) is 11.4. The maximum absolute atomic E-state index is 12.9. The van der Waals surface area contributed by atoms with Gasteiger partial charge in [0, 0.05) is 31.4 Å². The van der Waals surface area contributed by atoms with Crippen molar-refractivity contribution in [2.24, 2.45) is 5.92 Å². The van der Waals surface area contributed by atoms with Crippen LogP contribution >= 0.6 is 0 Å². The third kappa shape index (κ3) is 4.14. The van der Waals surface area contributed by atoms with Crippen molar-refractivity contribution in [2.75, 3.05) is 19.6 Å². The lowest BCUT2D eigenvalue weighted by Crippen LogP contribution is -2.46. The number of phenolic OH excluding ortho intramolecular Hbond substituents is 1. The number of pyridine rings is 1. The van der Waals surface area contributed by atoms with Crippen molar-refractivity contribution in [3.63, 3.8) is 0 Å². The largest absolute Gasteiger partial charge is 0.505 e. The number of benzene rings is 2. The first-order chi connectivity index (χ1) is 16.0. The number of hydrogen-bond acceptors (Lipinski definition) is 6. The fraction of sp³-hybridized carbons (Fsp3) is 0.360. The van der Waals surface area contributed by atoms with Gasteiger partial charge in [0.15, 0.2) is 5.75 Å². The SMILES string of the molecule is O=C(NCC1CCCN(C2Cc3ccccc3C2)C1)c1cc([N+](=O)[O-])c2cccnc2c1O. The first-order valence-electron chi connectivity index (χ1n) is 11.4. The van der Waals surface area contributed by atoms with E-state index in [1.807, 2.05) is 0 Å². The molecule has 1 aliphatic carbocycles. The van der Waals surface area contributed by atoms with Crippen LogP contribution in [0.1, 0.15) is 34.3 Å². The van der Waals surface area contributed by atoms with Crippen LogP contribution in [0.5, 0.6) is 5.75 Å². The minimum Gasteiger partial charge on any atom is -0.505 e. The molecular formula is C25H26N4O4. The van der Waals surface area contributed by atoms with Crippen molar-refractivity contribution in [1.29, 1.82) is 0 Å². The van der Waals surface area contributed by atoms with Crippen LogP contribution in [0.25, 0.3) is 10.9 Å². The molecule has 0 bridgehead atoms. The predicted molar refractivity (Wildman–Crippen MR) is 124 cm³/mol. The Balaban J connectivity index is 1.26. The fourth-order valence-corrected chi connectivity index (χ4v) is 5.26. The number of carbonyl (C=O) groups is 1. The van der Waals surface area contributed by atoms with E-state index in [1.54, 1.807) is 6.07 Å². The summed E-state index contributed by atoms with van der Waals surface area (Å²) in [7, 11) is 0. The average molecular weight is 447 g/mol. The molecule has 8 heteroatoms. The van der Waals surface area contributed by atoms with E-state index in [2.05, 4.69) is 39.5 Å². The molecule has 5 rings (SSSR count). The fourth-order valence-electron chi connectivity index (χ4n) is 5.26. The number of carbonyl (C=O) groups excluding carboxylic acids is 1. The highest BCUT2D eigenvalue weighted by Gasteiger charge is 2.31. The Hall–Kier alpha value is -3.52. The molecule has 1 unspecified atom stereocenters. The van der Waals surface area contributed by atoms with Gasteiger partial charge in [0.2, 0.25) is 0 Å². The zero-order valence-electron chi connectivity index (χ0n) is 18.2. The Bertz CT molecular complexity index is 1200. The summed E-state index contributed by atoms with van der Waals surface area (Å²) in [5.74, 6) is -0.557. The third-order valence-corrected chi connectivity index (χ3v) is 6.93. The van der Waals surface area contributed by atoms with E-state index < -0.39 is 10.8 Å². The molecule has 1 aromatic heterocycles. The zero-order chi connectivity index (χ0) is 22.9. The standard InChI is InChI=1S/C25H26N4O4/c30-24-21(13-22(29(32)33)20-8-3-9-26-23(20)24)25(31)27-14-16-5-4-10-28(15-16)19-11-17-6-1-2-7-18(17)12-19/h1-3,6-9,13,16,19,30H,4-5,10-12,14-15H2,(H,27,31). The van der Waals surface area contributed by atoms with E-state index in [9.17, 15) is 20.0 Å². The van der Waals surface area contributed by atoms with Crippen LogP contribution in [0.15, 0.2) is 48.7 Å². The second-order valence-electron chi connectivity index (χ2n) is 8.99. The van der Waals surface area contributed by atoms with Crippen LogP contribution < -0.4 is 5.32 Å². The van der Waals surface area contributed by atoms with Crippen LogP contribution in [-0.4, -0.2) is 51.5 Å². The van der Waals surface area contributed by atoms with Crippen LogP contribution in [0.3, 0.4) is 0 Å². The Morgan fingerprint density at radius 3 is 2.70 bits per heavy atom. The normalized spacial score (nSPS) is 18.8. The number of nitro groups is 1. The van der Waals surface area contributed by atoms with Gasteiger partial charge in [-0.25, -0.2) is 0 Å². The molecule has 33 heavy (non-hydrogen) atoms. The summed E-state index contributed by atoms with van der Waals surface area (Å²) in [6.07, 6.45) is 5.66. The number of aromatic hydroxyl groups is 1. The van der Waals surface area contributed by atoms with Crippen LogP contribution in [0.4, 0.5) is 5.69 Å². The van der Waals surface area contributed by atoms with E-state index in [-0.39, 0.29) is 27.9 Å². The molecule has 8 nitrogen and oxygen atoms in total. The summed E-state index contributed by atoms with van der Waals surface area (Å²) < 4.78 is 0. The zero-order valence-corrected chi connectivity index (χ0v) is 18.2. The Morgan fingerprint density at radius 2 is 1.97 bits per heavy atom. The summed E-state index contributed by atoms with van der Waals surface area (Å²) >= 11 is 0. The van der Waals surface area contributed by atoms with Crippen LogP contribution in [0.2, 0.25) is 0 Å². The Kier molecular flexibility index (Phi) is 5.68. The minimum atomic E-state index is -0.557. The van der Waals surface area contributed by atoms with Crippen molar-refractivity contribution in [3.8, 4) is 5.75 Å². The molecular weight excluding hydrogens is 420 g/mol. The maximum atomic E-state index is 12.9. The maximum Gasteiger partial charge on any atom is 0.279 e. The number of hydrogen-bond donors (Lipinski definition) is 2. The van der Waals surface area contributed by atoms with Gasteiger partial charge in [0.25, 0.3) is 11.6 Å². The van der Waals surface area contributed by atoms with Gasteiger partial charge in [-0.2, -0.15) is 0 Å². The molecule has 0 spiro atoms. The number of likely N-dealkylation sites (tertiary alicyclic amines) is 1. The van der Waals surface area contributed by atoms with Crippen LogP contribution in [-0.2, 0) is 12.8 Å². The number of fused-ring (bicyclic) bond motifs is 2. The Labute approximate surface area is 191 Å². The Morgan fingerprint density at radius 1 is 1.21 bits per heavy atom. The number of nitro benzene ring substituents is 1. The quantitative estimate of drug-likeness (QED) is 0.459. The molecule has 2 aromatic carbocycles. The van der Waals surface area contributed by atoms with Gasteiger partial charge in [0.05, 0.1) is 15.9 Å². The minimum absolute atomic E-state index is 0.0569. The van der Waals surface area contributed by atoms with Gasteiger partial charge in [-0.1, -0.05) is 24.3 Å². The summed E-state index contributed by atoms with van der Waals surface area (Å²) in [5.41, 5.74) is 2.55. The molecule has 170 valence electrons. The molecule has 0 radical (unpaired) electrons. The van der Waals surface area contributed by atoms with Crippen molar-refractivity contribution >= 4 is 22.5 Å². The lowest BCUT2D eigenvalue weighted by atomic mass is 9.95. The molecule has 2 N–H and O–H groups in total. The molecule has 2 aliphatic rings. The number of amides is 1. The van der Waals surface area contributed by atoms with E-state index in [4.69, 9.17) is 0 Å². The molecule has 1 fully saturated rings. The van der Waals surface area contributed by atoms with E-state index >= 15 is 0 Å². The van der Waals surface area contributed by atoms with Crippen molar-refractivity contribution < 1.29 is 14.8 Å². The number of piperidine rings is 1. The van der Waals surface area contributed by atoms with E-state index in [1.165, 1.54) is 23.4 Å². The first kappa shape index (κ1) is 21.3. The second kappa shape index (κ2) is 8.78. The topological polar surface area (TPSA) is 109 Å². The molecule has 3 aromatic rings. The number of nitrogens with one attached hydrogen (secondary N) is 1. The number of aromatic nitrogens is 1. The molecule has 2 heterocycles. The monoisotopic (exact) mass is 446 g/mol. The highest BCUT2D eigenvalue weighted by atomic mass is 16.6. The van der Waals surface area contributed by atoms with Crippen molar-refractivity contribution in [3.05, 3.63) is 75.5 Å². The van der Waals surface area contributed by atoms with Gasteiger partial charge < -0.3 is 10.4 Å². The lowest BCUT2D eigenvalue weighted by molar-refractivity contribution is -0.383. The third-order valence-electron chi connectivity index (χ3n) is 6.93. The predicted octanol–water partition coefficient (Wildman–Crippen LogP) is 3.46. The molecule has 0 saturated carbocycles. The summed E-state index contributed by atoms with van der Waals surface area (Å²) in [5, 5.41) is 25.2. The van der Waals surface area contributed by atoms with E-state index in [0.29, 0.717) is 18.5 Å². The smallest absolute Gasteiger partial charge is 0.279 e. The second-order valence-corrected chi connectivity index (χ2v) is 8.99. The molecule has 1 saturated heterocycles. The van der Waals surface area contributed by atoms with Gasteiger partial charge >= 0.3 is 0 Å². The lowest BCUT2D eigenvalue weighted by Gasteiger charge is -2.37. The molecule has 1 atom stereocenters. The highest BCUT2D eigenvalue weighted by molar-refractivity contribution is 6.05. The number of rotatable bonds is 5. The van der Waals surface area contributed by atoms with Gasteiger partial charge in [-0.15, -0.1) is 0 Å². The summed E-state index contributed by atoms with van der Waals surface area (Å²) in [4.78, 5) is 30.4. The number of nitrogens with zero attached hydrogens (tertiary/aromatic N) is 3. The van der Waals surface area contributed by atoms with Gasteiger partial charge in [-0.3, -0.25) is 24.8 Å². The van der Waals surface area contributed by atoms with Gasteiger partial charge in [-0.05, 0) is 61.4 Å². The highest BCUT2D eigenvalue weighted by Crippen LogP contribution is 2.34. The van der Waals surface area contributed by atoms with Crippen molar-refractivity contribution in [1.82, 2.24) is 15.2 Å². The molecule has 1 aliphatic heterocycles. The number of non-ortho nitro benzene ring substituents is 1. The van der Waals surface area contributed by atoms with Crippen LogP contribution in [0, 0.1) is 16.0 Å².